The van der Waals surface area contributed by atoms with Gasteiger partial charge in [-0.3, -0.25) is 4.18 Å². The van der Waals surface area contributed by atoms with Crippen molar-refractivity contribution in [2.45, 2.75) is 69.3 Å². The fourth-order valence-corrected chi connectivity index (χ4v) is 9.17. The van der Waals surface area contributed by atoms with Crippen LogP contribution in [0.15, 0.2) is 71.6 Å². The molecule has 14 heteroatoms. The van der Waals surface area contributed by atoms with Gasteiger partial charge in [0.2, 0.25) is 10.0 Å². The lowest BCUT2D eigenvalue weighted by Gasteiger charge is -2.43. The van der Waals surface area contributed by atoms with Crippen molar-refractivity contribution in [2.75, 3.05) is 78.0 Å². The summed E-state index contributed by atoms with van der Waals surface area (Å²) in [4.78, 5) is 2.47. The number of aryl methyl sites for hydroxylation is 1. The number of fused-ring (bicyclic) bond motifs is 1. The third-order valence-electron chi connectivity index (χ3n) is 9.87. The van der Waals surface area contributed by atoms with Crippen LogP contribution in [-0.4, -0.2) is 106 Å². The number of piperidine rings is 1. The van der Waals surface area contributed by atoms with E-state index in [0.29, 0.717) is 39.5 Å². The third-order valence-corrected chi connectivity index (χ3v) is 12.4. The Hall–Kier alpha value is -3.08. The van der Waals surface area contributed by atoms with E-state index >= 15 is 0 Å². The van der Waals surface area contributed by atoms with E-state index in [4.69, 9.17) is 27.9 Å². The summed E-state index contributed by atoms with van der Waals surface area (Å²) in [5.74, 6) is 0.907. The lowest BCUT2D eigenvalue weighted by atomic mass is 9.83. The normalized spacial score (nSPS) is 20.0. The standard InChI is InChI=1S/C40H56N2O10S2/c1-30-7-14-36(15-8-30)54(45,46)42-25-40(51-29-33-11-16-39-38(23-33)41(19-22-50-39)18-6-20-47-3)37(24-35(42)17-21-52-53(5,43)44)34-12-9-32(10-13-34)28-49-27-31(2)26-48-4/h7-16,23,31,35,37,40H,6,17-22,24-29H2,1-5H3/t31-,35-,37+,40-/m0/s1. The van der Waals surface area contributed by atoms with Gasteiger partial charge in [0, 0.05) is 51.8 Å². The highest BCUT2D eigenvalue weighted by Gasteiger charge is 2.43. The van der Waals surface area contributed by atoms with Crippen LogP contribution in [0, 0.1) is 12.8 Å². The van der Waals surface area contributed by atoms with E-state index in [1.807, 2.05) is 31.2 Å². The largest absolute Gasteiger partial charge is 0.490 e. The Morgan fingerprint density at radius 2 is 1.63 bits per heavy atom. The summed E-state index contributed by atoms with van der Waals surface area (Å²) in [6.07, 6.45) is 1.96. The number of sulfonamides is 1. The smallest absolute Gasteiger partial charge is 0.264 e. The molecule has 2 aliphatic rings. The Bertz CT molecular complexity index is 1840. The van der Waals surface area contributed by atoms with Crippen LogP contribution in [0.2, 0.25) is 0 Å². The van der Waals surface area contributed by atoms with Gasteiger partial charge in [-0.2, -0.15) is 12.7 Å². The molecule has 0 N–H and O–H groups in total. The van der Waals surface area contributed by atoms with E-state index in [9.17, 15) is 16.8 Å². The van der Waals surface area contributed by atoms with Gasteiger partial charge in [-0.25, -0.2) is 8.42 Å². The van der Waals surface area contributed by atoms with Crippen LogP contribution < -0.4 is 9.64 Å². The molecule has 3 aromatic rings. The summed E-state index contributed by atoms with van der Waals surface area (Å²) in [5, 5.41) is 0. The van der Waals surface area contributed by atoms with Gasteiger partial charge >= 0.3 is 0 Å². The summed E-state index contributed by atoms with van der Waals surface area (Å²) in [5.41, 5.74) is 4.91. The molecule has 0 saturated carbocycles. The monoisotopic (exact) mass is 788 g/mol. The van der Waals surface area contributed by atoms with Crippen molar-refractivity contribution in [2.24, 2.45) is 5.92 Å². The van der Waals surface area contributed by atoms with Gasteiger partial charge in [-0.05, 0) is 67.1 Å². The Labute approximate surface area is 321 Å². The minimum atomic E-state index is -3.98. The van der Waals surface area contributed by atoms with Gasteiger partial charge < -0.3 is 28.6 Å². The molecule has 0 aromatic heterocycles. The second-order valence-corrected chi connectivity index (χ2v) is 17.9. The lowest BCUT2D eigenvalue weighted by Crippen LogP contribution is -2.52. The Balaban J connectivity index is 1.43. The molecule has 1 fully saturated rings. The highest BCUT2D eigenvalue weighted by Crippen LogP contribution is 2.39. The van der Waals surface area contributed by atoms with E-state index in [2.05, 4.69) is 30.0 Å². The predicted molar refractivity (Wildman–Crippen MR) is 208 cm³/mol. The highest BCUT2D eigenvalue weighted by molar-refractivity contribution is 7.89. The van der Waals surface area contributed by atoms with Gasteiger partial charge in [-0.15, -0.1) is 0 Å². The van der Waals surface area contributed by atoms with Crippen LogP contribution in [0.1, 0.15) is 54.4 Å². The molecular weight excluding hydrogens is 733 g/mol. The first-order valence-corrected chi connectivity index (χ1v) is 21.8. The molecule has 2 heterocycles. The molecule has 0 spiro atoms. The molecule has 0 aliphatic carbocycles. The number of hydrogen-bond donors (Lipinski definition) is 0. The Kier molecular flexibility index (Phi) is 15.3. The maximum atomic E-state index is 14.3. The molecule has 54 heavy (non-hydrogen) atoms. The van der Waals surface area contributed by atoms with Gasteiger partial charge in [0.05, 0.1) is 62.5 Å². The molecular formula is C40H56N2O10S2. The van der Waals surface area contributed by atoms with Crippen molar-refractivity contribution < 1.29 is 44.7 Å². The Morgan fingerprint density at radius 3 is 2.33 bits per heavy atom. The number of nitrogens with zero attached hydrogens (tertiary/aromatic N) is 2. The minimum Gasteiger partial charge on any atom is -0.490 e. The average molecular weight is 789 g/mol. The maximum absolute atomic E-state index is 14.3. The first-order valence-electron chi connectivity index (χ1n) is 18.6. The van der Waals surface area contributed by atoms with Crippen molar-refractivity contribution in [3.05, 3.63) is 89.0 Å². The van der Waals surface area contributed by atoms with E-state index in [1.165, 1.54) is 4.31 Å². The van der Waals surface area contributed by atoms with E-state index in [0.717, 1.165) is 59.5 Å². The molecule has 1 saturated heterocycles. The quantitative estimate of drug-likeness (QED) is 0.106. The molecule has 0 radical (unpaired) electrons. The number of methoxy groups -OCH3 is 2. The molecule has 5 rings (SSSR count). The van der Waals surface area contributed by atoms with Gasteiger partial charge in [0.25, 0.3) is 10.1 Å². The first kappa shape index (κ1) is 42.1. The van der Waals surface area contributed by atoms with Crippen LogP contribution in [0.25, 0.3) is 0 Å². The molecule has 3 aromatic carbocycles. The summed E-state index contributed by atoms with van der Waals surface area (Å²) in [6, 6.07) is 20.5. The average Bonchev–Trinajstić information content (AvgIpc) is 3.14. The first-order chi connectivity index (χ1) is 25.9. The molecule has 0 unspecified atom stereocenters. The lowest BCUT2D eigenvalue weighted by molar-refractivity contribution is -0.0220. The van der Waals surface area contributed by atoms with Crippen LogP contribution in [-0.2, 0) is 56.5 Å². The van der Waals surface area contributed by atoms with Crippen molar-refractivity contribution in [3.8, 4) is 5.75 Å². The maximum Gasteiger partial charge on any atom is 0.264 e. The fraction of sp³-hybridized carbons (Fsp3) is 0.550. The number of anilines is 1. The zero-order chi connectivity index (χ0) is 38.7. The number of rotatable bonds is 20. The summed E-state index contributed by atoms with van der Waals surface area (Å²) in [6.45, 7) is 8.72. The number of hydrogen-bond acceptors (Lipinski definition) is 11. The summed E-state index contributed by atoms with van der Waals surface area (Å²) in [7, 11) is -4.32. The van der Waals surface area contributed by atoms with Crippen molar-refractivity contribution in [1.82, 2.24) is 4.31 Å². The SMILES string of the molecule is COCCCN1CCOc2ccc(CO[C@H]3CN(S(=O)(=O)c4ccc(C)cc4)[C@@H](CCOS(C)(=O)=O)C[C@@H]3c3ccc(COC[C@@H](C)COC)cc3)cc21. The zero-order valence-corrected chi connectivity index (χ0v) is 33.8. The highest BCUT2D eigenvalue weighted by atomic mass is 32.2. The van der Waals surface area contributed by atoms with Gasteiger partial charge in [0.15, 0.2) is 0 Å². The molecule has 2 aliphatic heterocycles. The Morgan fingerprint density at radius 1 is 0.889 bits per heavy atom. The fourth-order valence-electron chi connectivity index (χ4n) is 7.09. The van der Waals surface area contributed by atoms with Gasteiger partial charge in [-0.1, -0.05) is 55.0 Å². The molecule has 298 valence electrons. The molecule has 12 nitrogen and oxygen atoms in total. The second-order valence-electron chi connectivity index (χ2n) is 14.3. The van der Waals surface area contributed by atoms with Crippen molar-refractivity contribution in [3.63, 3.8) is 0 Å². The van der Waals surface area contributed by atoms with Crippen molar-refractivity contribution >= 4 is 25.8 Å². The number of benzene rings is 3. The van der Waals surface area contributed by atoms with Gasteiger partial charge in [0.1, 0.15) is 12.4 Å². The van der Waals surface area contributed by atoms with E-state index in [-0.39, 0.29) is 42.9 Å². The van der Waals surface area contributed by atoms with Crippen LogP contribution in [0.4, 0.5) is 5.69 Å². The van der Waals surface area contributed by atoms with Crippen LogP contribution in [0.3, 0.4) is 0 Å². The van der Waals surface area contributed by atoms with Crippen LogP contribution >= 0.6 is 0 Å². The van der Waals surface area contributed by atoms with Crippen molar-refractivity contribution in [1.29, 1.82) is 0 Å². The summed E-state index contributed by atoms with van der Waals surface area (Å²) >= 11 is 0. The predicted octanol–water partition coefficient (Wildman–Crippen LogP) is 5.53. The van der Waals surface area contributed by atoms with E-state index < -0.39 is 32.3 Å². The van der Waals surface area contributed by atoms with Crippen LogP contribution in [0.5, 0.6) is 5.75 Å². The summed E-state index contributed by atoms with van der Waals surface area (Å²) < 4.78 is 88.2. The van der Waals surface area contributed by atoms with E-state index in [1.54, 1.807) is 38.5 Å². The zero-order valence-electron chi connectivity index (χ0n) is 32.1. The minimum absolute atomic E-state index is 0.0733. The topological polar surface area (TPSA) is 130 Å². The third kappa shape index (κ3) is 11.7. The second kappa shape index (κ2) is 19.7. The molecule has 4 atom stereocenters. The molecule has 0 bridgehead atoms. The molecule has 0 amide bonds. The number of ether oxygens (including phenoxy) is 5.